The van der Waals surface area contributed by atoms with Crippen molar-refractivity contribution in [3.63, 3.8) is 0 Å². The van der Waals surface area contributed by atoms with Crippen LogP contribution in [0.3, 0.4) is 0 Å². The van der Waals surface area contributed by atoms with Gasteiger partial charge in [-0.15, -0.1) is 0 Å². The van der Waals surface area contributed by atoms with Gasteiger partial charge in [-0.05, 0) is 0 Å². The Bertz CT molecular complexity index is 356. The summed E-state index contributed by atoms with van der Waals surface area (Å²) in [7, 11) is 5.30. The Morgan fingerprint density at radius 1 is 0.875 bits per heavy atom. The molecular formula is C6H8BN3O6. The third kappa shape index (κ3) is 2.54. The minimum atomic E-state index is -1.48. The Hall–Kier alpha value is -1.08. The van der Waals surface area contributed by atoms with Gasteiger partial charge in [0.25, 0.3) is 0 Å². The van der Waals surface area contributed by atoms with E-state index < -0.39 is 38.2 Å². The van der Waals surface area contributed by atoms with Crippen molar-refractivity contribution in [3.05, 3.63) is 27.8 Å². The average molecular weight is 229 g/mol. The molecule has 0 fully saturated rings. The first-order valence-electron chi connectivity index (χ1n) is 3.98. The summed E-state index contributed by atoms with van der Waals surface area (Å²) in [6, 6.07) is 1.62. The van der Waals surface area contributed by atoms with Crippen LogP contribution < -0.4 is 21.1 Å². The van der Waals surface area contributed by atoms with E-state index in [4.69, 9.17) is 23.5 Å². The normalized spacial score (nSPS) is 16.9. The summed E-state index contributed by atoms with van der Waals surface area (Å²) >= 11 is 0. The van der Waals surface area contributed by atoms with E-state index in [-0.39, 0.29) is 0 Å². The molecule has 1 rings (SSSR count). The van der Waals surface area contributed by atoms with Crippen molar-refractivity contribution >= 4 is 30.4 Å². The van der Waals surface area contributed by atoms with Crippen LogP contribution in [0, 0.1) is 15.6 Å². The molecular weight excluding hydrogens is 221 g/mol. The van der Waals surface area contributed by atoms with Crippen molar-refractivity contribution < 1.29 is 31.3 Å². The van der Waals surface area contributed by atoms with Crippen LogP contribution >= 0.6 is 0 Å². The molecule has 0 bridgehead atoms. The van der Waals surface area contributed by atoms with Crippen LogP contribution in [0.4, 0.5) is 17.1 Å². The maximum Gasteiger partial charge on any atom is 0.175 e. The quantitative estimate of drug-likeness (QED) is 0.228. The van der Waals surface area contributed by atoms with Gasteiger partial charge in [0.2, 0.25) is 0 Å². The molecule has 0 aliphatic rings. The minimum absolute atomic E-state index is 0.441. The van der Waals surface area contributed by atoms with Crippen molar-refractivity contribution in [2.75, 3.05) is 0 Å². The fourth-order valence-electron chi connectivity index (χ4n) is 1.13. The van der Waals surface area contributed by atoms with E-state index in [1.54, 1.807) is 0 Å². The summed E-state index contributed by atoms with van der Waals surface area (Å²) in [6.45, 7) is 0. The topological polar surface area (TPSA) is 143 Å². The SMILES string of the molecule is [B]c1c([NH+]([O-])O)cc([NH+]([O-])O)cc1[NH+]([O-])O. The van der Waals surface area contributed by atoms with Crippen LogP contribution in [0.15, 0.2) is 12.1 Å². The number of hydrogen-bond donors (Lipinski definition) is 6. The monoisotopic (exact) mass is 229 g/mol. The summed E-state index contributed by atoms with van der Waals surface area (Å²) in [5.41, 5.74) is -2.00. The summed E-state index contributed by atoms with van der Waals surface area (Å²) in [5.74, 6) is 0. The number of hydrogen-bond acceptors (Lipinski definition) is 6. The molecule has 10 heteroatoms. The van der Waals surface area contributed by atoms with Crippen LogP contribution in [-0.2, 0) is 0 Å². The summed E-state index contributed by atoms with van der Waals surface area (Å²) in [4.78, 5) is 0. The lowest BCUT2D eigenvalue weighted by Crippen LogP contribution is -3.04. The lowest BCUT2D eigenvalue weighted by Gasteiger charge is -2.21. The Morgan fingerprint density at radius 2 is 1.25 bits per heavy atom. The van der Waals surface area contributed by atoms with Crippen molar-refractivity contribution in [1.82, 2.24) is 0 Å². The molecule has 86 valence electrons. The fourth-order valence-corrected chi connectivity index (χ4v) is 1.13. The molecule has 2 radical (unpaired) electrons. The molecule has 6 N–H and O–H groups in total. The molecule has 1 aromatic carbocycles. The molecule has 16 heavy (non-hydrogen) atoms. The first-order valence-corrected chi connectivity index (χ1v) is 3.98. The van der Waals surface area contributed by atoms with Crippen molar-refractivity contribution in [3.8, 4) is 0 Å². The Labute approximate surface area is 90.4 Å². The lowest BCUT2D eigenvalue weighted by atomic mass is 9.91. The molecule has 9 nitrogen and oxygen atoms in total. The lowest BCUT2D eigenvalue weighted by molar-refractivity contribution is -1.00. The smallest absolute Gasteiger partial charge is 0.175 e. The molecule has 3 atom stereocenters. The van der Waals surface area contributed by atoms with Gasteiger partial charge < -0.3 is 15.6 Å². The molecule has 1 aromatic rings. The van der Waals surface area contributed by atoms with E-state index in [2.05, 4.69) is 0 Å². The van der Waals surface area contributed by atoms with E-state index in [1.807, 2.05) is 0 Å². The molecule has 0 heterocycles. The van der Waals surface area contributed by atoms with Gasteiger partial charge in [0.1, 0.15) is 7.85 Å². The van der Waals surface area contributed by atoms with Crippen LogP contribution in [0.25, 0.3) is 0 Å². The summed E-state index contributed by atoms with van der Waals surface area (Å²) < 4.78 is 0. The zero-order valence-electron chi connectivity index (χ0n) is 7.80. The van der Waals surface area contributed by atoms with Crippen LogP contribution in [0.5, 0.6) is 0 Å². The fraction of sp³-hybridized carbons (Fsp3) is 0. The summed E-state index contributed by atoms with van der Waals surface area (Å²) in [6.07, 6.45) is 0. The zero-order valence-corrected chi connectivity index (χ0v) is 7.80. The van der Waals surface area contributed by atoms with Gasteiger partial charge in [-0.25, -0.2) is 15.6 Å². The van der Waals surface area contributed by atoms with Gasteiger partial charge in [-0.2, -0.15) is 15.7 Å². The average Bonchev–Trinajstić information content (AvgIpc) is 2.16. The third-order valence-corrected chi connectivity index (χ3v) is 1.89. The van der Waals surface area contributed by atoms with Gasteiger partial charge in [0.05, 0.1) is 12.1 Å². The van der Waals surface area contributed by atoms with Crippen molar-refractivity contribution in [2.24, 2.45) is 0 Å². The van der Waals surface area contributed by atoms with Gasteiger partial charge >= 0.3 is 0 Å². The van der Waals surface area contributed by atoms with Crippen LogP contribution in [0.1, 0.15) is 0 Å². The Kier molecular flexibility index (Phi) is 3.93. The van der Waals surface area contributed by atoms with Crippen LogP contribution in [-0.4, -0.2) is 23.5 Å². The largest absolute Gasteiger partial charge is 0.595 e. The standard InChI is InChI=1S/C6H8BN3O6/c7-6-4(9(13)14)1-3(8(11)12)2-5(6)10(15)16/h1-2,8-11,13,15H. The highest BCUT2D eigenvalue weighted by Gasteiger charge is 2.19. The highest BCUT2D eigenvalue weighted by Crippen LogP contribution is 2.10. The zero-order chi connectivity index (χ0) is 12.5. The van der Waals surface area contributed by atoms with Gasteiger partial charge in [-0.3, -0.25) is 0 Å². The maximum absolute atomic E-state index is 10.7. The highest BCUT2D eigenvalue weighted by molar-refractivity contribution is 6.38. The second-order valence-corrected chi connectivity index (χ2v) is 2.90. The van der Waals surface area contributed by atoms with E-state index in [0.717, 1.165) is 12.1 Å². The van der Waals surface area contributed by atoms with Gasteiger partial charge in [0, 0.05) is 5.46 Å². The third-order valence-electron chi connectivity index (χ3n) is 1.89. The molecule has 0 spiro atoms. The number of nitrogens with one attached hydrogen (secondary N) is 3. The summed E-state index contributed by atoms with van der Waals surface area (Å²) in [5, 5.41) is 53.7. The molecule has 0 saturated carbocycles. The molecule has 0 aliphatic carbocycles. The number of quaternary nitrogens is 3. The van der Waals surface area contributed by atoms with Crippen molar-refractivity contribution in [1.29, 1.82) is 0 Å². The van der Waals surface area contributed by atoms with E-state index in [9.17, 15) is 15.6 Å². The Balaban J connectivity index is 3.39. The second kappa shape index (κ2) is 4.84. The first kappa shape index (κ1) is 13.0. The van der Waals surface area contributed by atoms with Crippen molar-refractivity contribution in [2.45, 2.75) is 0 Å². The second-order valence-electron chi connectivity index (χ2n) is 2.90. The van der Waals surface area contributed by atoms with Gasteiger partial charge in [0.15, 0.2) is 17.1 Å². The predicted molar refractivity (Wildman–Crippen MR) is 49.2 cm³/mol. The number of rotatable bonds is 3. The molecule has 0 amide bonds. The molecule has 0 aromatic heterocycles. The maximum atomic E-state index is 10.7. The van der Waals surface area contributed by atoms with E-state index in [1.165, 1.54) is 0 Å². The van der Waals surface area contributed by atoms with Crippen LogP contribution in [0.2, 0.25) is 0 Å². The highest BCUT2D eigenvalue weighted by atomic mass is 16.8. The molecule has 3 unspecified atom stereocenters. The minimum Gasteiger partial charge on any atom is -0.595 e. The molecule has 0 aliphatic heterocycles. The molecule has 0 saturated heterocycles. The number of benzene rings is 1. The first-order chi connectivity index (χ1) is 7.34. The van der Waals surface area contributed by atoms with E-state index in [0.29, 0.717) is 0 Å². The Morgan fingerprint density at radius 3 is 1.50 bits per heavy atom. The van der Waals surface area contributed by atoms with E-state index >= 15 is 0 Å². The predicted octanol–water partition coefficient (Wildman–Crippen LogP) is -4.31. The van der Waals surface area contributed by atoms with Gasteiger partial charge in [-0.1, -0.05) is 0 Å².